The van der Waals surface area contributed by atoms with Gasteiger partial charge < -0.3 is 21.0 Å². The van der Waals surface area contributed by atoms with E-state index in [0.717, 1.165) is 0 Å². The van der Waals surface area contributed by atoms with E-state index in [9.17, 15) is 4.79 Å². The van der Waals surface area contributed by atoms with Gasteiger partial charge in [0.05, 0.1) is 23.2 Å². The van der Waals surface area contributed by atoms with Crippen LogP contribution in [-0.4, -0.2) is 30.2 Å². The molecular formula is C12H14ClN3O3. The van der Waals surface area contributed by atoms with Gasteiger partial charge in [-0.15, -0.1) is 0 Å². The van der Waals surface area contributed by atoms with Gasteiger partial charge in [-0.2, -0.15) is 0 Å². The Morgan fingerprint density at radius 2 is 2.37 bits per heavy atom. The molecule has 0 aliphatic carbocycles. The highest BCUT2D eigenvalue weighted by Gasteiger charge is 2.24. The molecule has 1 aliphatic heterocycles. The van der Waals surface area contributed by atoms with Crippen molar-refractivity contribution in [2.24, 2.45) is 16.8 Å². The maximum atomic E-state index is 11.9. The number of anilines is 1. The Labute approximate surface area is 115 Å². The summed E-state index contributed by atoms with van der Waals surface area (Å²) in [6, 6.07) is 4.75. The Kier molecular flexibility index (Phi) is 4.24. The monoisotopic (exact) mass is 283 g/mol. The highest BCUT2D eigenvalue weighted by molar-refractivity contribution is 6.34. The van der Waals surface area contributed by atoms with E-state index in [2.05, 4.69) is 10.5 Å². The molecule has 1 aliphatic rings. The summed E-state index contributed by atoms with van der Waals surface area (Å²) in [6.45, 7) is 1.04. The summed E-state index contributed by atoms with van der Waals surface area (Å²) in [5.74, 6) is -0.292. The topological polar surface area (TPSA) is 96.9 Å². The van der Waals surface area contributed by atoms with Crippen molar-refractivity contribution in [2.75, 3.05) is 18.5 Å². The lowest BCUT2D eigenvalue weighted by atomic mass is 10.1. The Morgan fingerprint density at radius 1 is 1.58 bits per heavy atom. The highest BCUT2D eigenvalue weighted by atomic mass is 35.5. The van der Waals surface area contributed by atoms with Crippen molar-refractivity contribution in [2.45, 2.75) is 6.42 Å². The van der Waals surface area contributed by atoms with Crippen LogP contribution in [0, 0.1) is 5.92 Å². The van der Waals surface area contributed by atoms with Crippen LogP contribution in [0.1, 0.15) is 12.0 Å². The van der Waals surface area contributed by atoms with Crippen LogP contribution in [0.25, 0.3) is 0 Å². The number of nitrogens with two attached hydrogens (primary N) is 1. The zero-order valence-corrected chi connectivity index (χ0v) is 10.9. The van der Waals surface area contributed by atoms with Crippen molar-refractivity contribution in [3.63, 3.8) is 0 Å². The molecular weight excluding hydrogens is 270 g/mol. The molecule has 2 rings (SSSR count). The summed E-state index contributed by atoms with van der Waals surface area (Å²) >= 11 is 6.04. The van der Waals surface area contributed by atoms with Crippen molar-refractivity contribution in [3.05, 3.63) is 28.8 Å². The lowest BCUT2D eigenvalue weighted by molar-refractivity contribution is -0.119. The molecule has 6 nitrogen and oxygen atoms in total. The molecule has 7 heteroatoms. The fourth-order valence-electron chi connectivity index (χ4n) is 1.81. The summed E-state index contributed by atoms with van der Waals surface area (Å²) < 4.78 is 5.16. The molecule has 1 unspecified atom stereocenters. The second-order valence-electron chi connectivity index (χ2n) is 4.23. The number of amidine groups is 1. The van der Waals surface area contributed by atoms with E-state index in [4.69, 9.17) is 27.3 Å². The average Bonchev–Trinajstić information content (AvgIpc) is 2.94. The first-order chi connectivity index (χ1) is 9.11. The van der Waals surface area contributed by atoms with Crippen LogP contribution in [0.2, 0.25) is 5.02 Å². The number of hydrogen-bond acceptors (Lipinski definition) is 4. The lowest BCUT2D eigenvalue weighted by Crippen LogP contribution is -2.23. The van der Waals surface area contributed by atoms with Gasteiger partial charge in [0, 0.05) is 12.2 Å². The van der Waals surface area contributed by atoms with E-state index in [0.29, 0.717) is 35.9 Å². The summed E-state index contributed by atoms with van der Waals surface area (Å²) in [5.41, 5.74) is 6.43. The third-order valence-corrected chi connectivity index (χ3v) is 3.24. The molecule has 0 aromatic heterocycles. The van der Waals surface area contributed by atoms with Gasteiger partial charge in [0.15, 0.2) is 5.84 Å². The van der Waals surface area contributed by atoms with Crippen LogP contribution < -0.4 is 11.1 Å². The average molecular weight is 284 g/mol. The van der Waals surface area contributed by atoms with Gasteiger partial charge in [-0.25, -0.2) is 0 Å². The molecule has 1 fully saturated rings. The minimum Gasteiger partial charge on any atom is -0.409 e. The Hall–Kier alpha value is -1.79. The number of oxime groups is 1. The molecule has 1 aromatic carbocycles. The predicted octanol–water partition coefficient (Wildman–Crippen LogP) is 1.41. The van der Waals surface area contributed by atoms with Crippen LogP contribution in [-0.2, 0) is 9.53 Å². The number of nitrogens with zero attached hydrogens (tertiary/aromatic N) is 1. The normalized spacial score (nSPS) is 19.4. The van der Waals surface area contributed by atoms with Gasteiger partial charge in [0.1, 0.15) is 0 Å². The van der Waals surface area contributed by atoms with E-state index in [1.807, 2.05) is 0 Å². The van der Waals surface area contributed by atoms with E-state index in [-0.39, 0.29) is 17.7 Å². The Balaban J connectivity index is 2.10. The summed E-state index contributed by atoms with van der Waals surface area (Å²) in [4.78, 5) is 11.9. The lowest BCUT2D eigenvalue weighted by Gasteiger charge is -2.11. The maximum absolute atomic E-state index is 11.9. The molecule has 1 saturated heterocycles. The fourth-order valence-corrected chi connectivity index (χ4v) is 2.04. The van der Waals surface area contributed by atoms with Crippen molar-refractivity contribution in [1.29, 1.82) is 0 Å². The zero-order chi connectivity index (χ0) is 13.8. The molecule has 1 heterocycles. The Morgan fingerprint density at radius 3 is 2.95 bits per heavy atom. The van der Waals surface area contributed by atoms with Gasteiger partial charge in [-0.3, -0.25) is 4.79 Å². The van der Waals surface area contributed by atoms with Crippen LogP contribution >= 0.6 is 11.6 Å². The first-order valence-corrected chi connectivity index (χ1v) is 6.15. The second kappa shape index (κ2) is 5.90. The number of hydrogen-bond donors (Lipinski definition) is 3. The van der Waals surface area contributed by atoms with Crippen LogP contribution in [0.3, 0.4) is 0 Å². The number of halogens is 1. The first kappa shape index (κ1) is 13.6. The molecule has 1 atom stereocenters. The second-order valence-corrected chi connectivity index (χ2v) is 4.64. The van der Waals surface area contributed by atoms with E-state index >= 15 is 0 Å². The molecule has 1 aromatic rings. The van der Waals surface area contributed by atoms with Crippen molar-refractivity contribution in [3.8, 4) is 0 Å². The fraction of sp³-hybridized carbons (Fsp3) is 0.333. The molecule has 0 saturated carbocycles. The summed E-state index contributed by atoms with van der Waals surface area (Å²) in [6.07, 6.45) is 0.714. The smallest absolute Gasteiger partial charge is 0.229 e. The maximum Gasteiger partial charge on any atom is 0.229 e. The third kappa shape index (κ3) is 3.15. The molecule has 0 bridgehead atoms. The Bertz CT molecular complexity index is 513. The number of carbonyl (C=O) groups is 1. The van der Waals surface area contributed by atoms with Gasteiger partial charge in [-0.1, -0.05) is 16.8 Å². The van der Waals surface area contributed by atoms with Gasteiger partial charge in [0.2, 0.25) is 5.91 Å². The number of carbonyl (C=O) groups excluding carboxylic acids is 1. The van der Waals surface area contributed by atoms with E-state index in [1.165, 1.54) is 6.07 Å². The van der Waals surface area contributed by atoms with Gasteiger partial charge in [0.25, 0.3) is 0 Å². The molecule has 19 heavy (non-hydrogen) atoms. The van der Waals surface area contributed by atoms with Crippen LogP contribution in [0.4, 0.5) is 5.69 Å². The number of ether oxygens (including phenoxy) is 1. The van der Waals surface area contributed by atoms with Crippen LogP contribution in [0.15, 0.2) is 23.4 Å². The van der Waals surface area contributed by atoms with E-state index in [1.54, 1.807) is 12.1 Å². The SMILES string of the molecule is N/C(=N/O)c1ccc(NC(=O)C2CCOC2)c(Cl)c1. The van der Waals surface area contributed by atoms with Gasteiger partial charge >= 0.3 is 0 Å². The zero-order valence-electron chi connectivity index (χ0n) is 10.1. The van der Waals surface area contributed by atoms with Crippen molar-refractivity contribution < 1.29 is 14.7 Å². The van der Waals surface area contributed by atoms with Crippen molar-refractivity contribution >= 4 is 29.0 Å². The molecule has 4 N–H and O–H groups in total. The number of nitrogens with one attached hydrogen (secondary N) is 1. The largest absolute Gasteiger partial charge is 0.409 e. The third-order valence-electron chi connectivity index (χ3n) is 2.93. The predicted molar refractivity (Wildman–Crippen MR) is 71.5 cm³/mol. The summed E-state index contributed by atoms with van der Waals surface area (Å²) in [5, 5.41) is 14.5. The summed E-state index contributed by atoms with van der Waals surface area (Å²) in [7, 11) is 0. The minimum atomic E-state index is -0.139. The van der Waals surface area contributed by atoms with Gasteiger partial charge in [-0.05, 0) is 24.6 Å². The standard InChI is InChI=1S/C12H14ClN3O3/c13-9-5-7(11(14)16-18)1-2-10(9)15-12(17)8-3-4-19-6-8/h1-2,5,8,18H,3-4,6H2,(H2,14,16)(H,15,17). The quantitative estimate of drug-likeness (QED) is 0.338. The minimum absolute atomic E-state index is 0.0380. The number of rotatable bonds is 3. The molecule has 102 valence electrons. The number of benzene rings is 1. The molecule has 0 radical (unpaired) electrons. The van der Waals surface area contributed by atoms with E-state index < -0.39 is 0 Å². The van der Waals surface area contributed by atoms with Crippen molar-refractivity contribution in [1.82, 2.24) is 0 Å². The highest BCUT2D eigenvalue weighted by Crippen LogP contribution is 2.24. The van der Waals surface area contributed by atoms with Crippen LogP contribution in [0.5, 0.6) is 0 Å². The number of amides is 1. The molecule has 0 spiro atoms. The molecule has 1 amide bonds. The first-order valence-electron chi connectivity index (χ1n) is 5.78.